The lowest BCUT2D eigenvalue weighted by Gasteiger charge is -2.10. The van der Waals surface area contributed by atoms with Gasteiger partial charge in [0.1, 0.15) is 17.1 Å². The van der Waals surface area contributed by atoms with Crippen LogP contribution in [0.15, 0.2) is 30.5 Å². The third-order valence-corrected chi connectivity index (χ3v) is 5.08. The van der Waals surface area contributed by atoms with Crippen LogP contribution in [-0.2, 0) is 0 Å². The Morgan fingerprint density at radius 1 is 1.24 bits per heavy atom. The van der Waals surface area contributed by atoms with Crippen molar-refractivity contribution in [3.63, 3.8) is 0 Å². The highest BCUT2D eigenvalue weighted by Crippen LogP contribution is 2.43. The van der Waals surface area contributed by atoms with Gasteiger partial charge in [0.2, 0.25) is 0 Å². The van der Waals surface area contributed by atoms with E-state index in [0.29, 0.717) is 11.8 Å². The number of phenols is 1. The van der Waals surface area contributed by atoms with Crippen LogP contribution in [0.2, 0.25) is 0 Å². The van der Waals surface area contributed by atoms with Crippen LogP contribution in [0.4, 0.5) is 0 Å². The summed E-state index contributed by atoms with van der Waals surface area (Å²) in [5, 5.41) is 10.4. The smallest absolute Gasteiger partial charge is 0.160 e. The second-order valence-electron chi connectivity index (χ2n) is 5.17. The van der Waals surface area contributed by atoms with Gasteiger partial charge in [0.15, 0.2) is 5.65 Å². The summed E-state index contributed by atoms with van der Waals surface area (Å²) in [5.74, 6) is 1.12. The summed E-state index contributed by atoms with van der Waals surface area (Å²) in [7, 11) is 0. The van der Waals surface area contributed by atoms with Crippen molar-refractivity contribution in [2.75, 3.05) is 0 Å². The molecule has 1 aromatic carbocycles. The van der Waals surface area contributed by atoms with Gasteiger partial charge in [-0.05, 0) is 82.3 Å². The predicted molar refractivity (Wildman–Crippen MR) is 98.3 cm³/mol. The van der Waals surface area contributed by atoms with Crippen molar-refractivity contribution in [3.8, 4) is 17.1 Å². The molecule has 0 bridgehead atoms. The van der Waals surface area contributed by atoms with Crippen molar-refractivity contribution in [1.82, 2.24) is 14.5 Å². The van der Waals surface area contributed by atoms with Gasteiger partial charge in [0.05, 0.1) is 9.13 Å². The normalized spacial score (nSPS) is 14.8. The van der Waals surface area contributed by atoms with Gasteiger partial charge in [-0.1, -0.05) is 0 Å². The van der Waals surface area contributed by atoms with Crippen LogP contribution in [-0.4, -0.2) is 19.6 Å². The maximum atomic E-state index is 10.4. The molecular formula is C15H11I2N3O. The third kappa shape index (κ3) is 2.32. The van der Waals surface area contributed by atoms with Gasteiger partial charge < -0.3 is 9.67 Å². The predicted octanol–water partition coefficient (Wildman–Crippen LogP) is 4.35. The van der Waals surface area contributed by atoms with Crippen molar-refractivity contribution in [2.24, 2.45) is 0 Å². The number of benzene rings is 1. The summed E-state index contributed by atoms with van der Waals surface area (Å²) in [4.78, 5) is 9.20. The lowest BCUT2D eigenvalue weighted by Crippen LogP contribution is -1.99. The van der Waals surface area contributed by atoms with Crippen LogP contribution >= 0.6 is 45.2 Å². The van der Waals surface area contributed by atoms with Crippen molar-refractivity contribution in [1.29, 1.82) is 0 Å². The number of phenolic OH excluding ortho intramolecular Hbond substituents is 1. The molecule has 6 heteroatoms. The lowest BCUT2D eigenvalue weighted by atomic mass is 10.2. The summed E-state index contributed by atoms with van der Waals surface area (Å²) in [6, 6.07) is 8.27. The quantitative estimate of drug-likeness (QED) is 0.530. The first-order valence-corrected chi connectivity index (χ1v) is 8.82. The number of fused-ring (bicyclic) bond motifs is 1. The molecule has 4 rings (SSSR count). The lowest BCUT2D eigenvalue weighted by molar-refractivity contribution is 0.472. The number of halogens is 2. The molecule has 21 heavy (non-hydrogen) atoms. The highest BCUT2D eigenvalue weighted by molar-refractivity contribution is 14.1. The zero-order chi connectivity index (χ0) is 14.6. The summed E-state index contributed by atoms with van der Waals surface area (Å²) in [6.45, 7) is 0. The maximum absolute atomic E-state index is 10.4. The minimum Gasteiger partial charge on any atom is -0.506 e. The Labute approximate surface area is 148 Å². The van der Waals surface area contributed by atoms with Gasteiger partial charge in [0, 0.05) is 15.8 Å². The molecule has 106 valence electrons. The van der Waals surface area contributed by atoms with Crippen LogP contribution in [0, 0.1) is 7.14 Å². The summed E-state index contributed by atoms with van der Waals surface area (Å²) < 4.78 is 4.11. The Bertz CT molecular complexity index is 855. The molecule has 0 saturated heterocycles. The molecule has 1 N–H and O–H groups in total. The molecule has 4 nitrogen and oxygen atoms in total. The van der Waals surface area contributed by atoms with E-state index in [4.69, 9.17) is 4.98 Å². The number of hydrogen-bond acceptors (Lipinski definition) is 3. The van der Waals surface area contributed by atoms with E-state index in [1.165, 1.54) is 0 Å². The second-order valence-corrected chi connectivity index (χ2v) is 7.57. The topological polar surface area (TPSA) is 50.9 Å². The average Bonchev–Trinajstić information content (AvgIpc) is 3.23. The van der Waals surface area contributed by atoms with Gasteiger partial charge in [-0.25, -0.2) is 9.97 Å². The molecule has 0 amide bonds. The summed E-state index contributed by atoms with van der Waals surface area (Å²) in [5.41, 5.74) is 2.58. The van der Waals surface area contributed by atoms with Crippen molar-refractivity contribution in [2.45, 2.75) is 18.9 Å². The molecular weight excluding hydrogens is 492 g/mol. The molecule has 0 atom stereocenters. The number of imidazole rings is 1. The van der Waals surface area contributed by atoms with Crippen LogP contribution in [0.25, 0.3) is 22.6 Å². The van der Waals surface area contributed by atoms with E-state index in [9.17, 15) is 5.11 Å². The Morgan fingerprint density at radius 3 is 2.81 bits per heavy atom. The Hall–Kier alpha value is -0.900. The SMILES string of the molecule is Oc1c(I)cc(I)cc1-c1nc2cccnc2n1C1CC1. The highest BCUT2D eigenvalue weighted by atomic mass is 127. The van der Waals surface area contributed by atoms with Crippen LogP contribution in [0.1, 0.15) is 18.9 Å². The van der Waals surface area contributed by atoms with Crippen LogP contribution < -0.4 is 0 Å². The molecule has 1 aliphatic carbocycles. The molecule has 0 radical (unpaired) electrons. The first-order chi connectivity index (χ1) is 10.1. The monoisotopic (exact) mass is 503 g/mol. The van der Waals surface area contributed by atoms with Crippen LogP contribution in [0.5, 0.6) is 5.75 Å². The van der Waals surface area contributed by atoms with E-state index >= 15 is 0 Å². The molecule has 1 aliphatic rings. The minimum atomic E-state index is 0.299. The largest absolute Gasteiger partial charge is 0.506 e. The van der Waals surface area contributed by atoms with Crippen molar-refractivity contribution in [3.05, 3.63) is 37.6 Å². The molecule has 0 aliphatic heterocycles. The fourth-order valence-electron chi connectivity index (χ4n) is 2.53. The molecule has 2 heterocycles. The second kappa shape index (κ2) is 5.08. The van der Waals surface area contributed by atoms with Crippen molar-refractivity contribution >= 4 is 56.3 Å². The first kappa shape index (κ1) is 13.7. The molecule has 1 fully saturated rings. The number of hydrogen-bond donors (Lipinski definition) is 1. The van der Waals surface area contributed by atoms with Gasteiger partial charge in [-0.3, -0.25) is 0 Å². The molecule has 3 aromatic rings. The molecule has 1 saturated carbocycles. The summed E-state index contributed by atoms with van der Waals surface area (Å²) in [6.07, 6.45) is 4.10. The van der Waals surface area contributed by atoms with Gasteiger partial charge in [0.25, 0.3) is 0 Å². The van der Waals surface area contributed by atoms with Gasteiger partial charge in [-0.15, -0.1) is 0 Å². The average molecular weight is 503 g/mol. The van der Waals surface area contributed by atoms with E-state index in [1.54, 1.807) is 6.20 Å². The van der Waals surface area contributed by atoms with E-state index < -0.39 is 0 Å². The molecule has 0 unspecified atom stereocenters. The standard InChI is InChI=1S/C15H11I2N3O/c16-8-6-10(13(21)11(17)7-8)14-19-12-2-1-5-18-15(12)20(14)9-3-4-9/h1-2,5-7,9,21H,3-4H2. The summed E-state index contributed by atoms with van der Waals surface area (Å²) >= 11 is 4.43. The maximum Gasteiger partial charge on any atom is 0.160 e. The molecule has 0 spiro atoms. The van der Waals surface area contributed by atoms with Gasteiger partial charge >= 0.3 is 0 Å². The first-order valence-electron chi connectivity index (χ1n) is 6.66. The number of pyridine rings is 1. The van der Waals surface area contributed by atoms with E-state index in [1.807, 2.05) is 24.3 Å². The van der Waals surface area contributed by atoms with E-state index in [2.05, 4.69) is 54.7 Å². The Kier molecular flexibility index (Phi) is 3.32. The van der Waals surface area contributed by atoms with E-state index in [-0.39, 0.29) is 0 Å². The number of aromatic hydroxyl groups is 1. The minimum absolute atomic E-state index is 0.299. The van der Waals surface area contributed by atoms with Crippen molar-refractivity contribution < 1.29 is 5.11 Å². The third-order valence-electron chi connectivity index (χ3n) is 3.63. The Morgan fingerprint density at radius 2 is 2.05 bits per heavy atom. The zero-order valence-electron chi connectivity index (χ0n) is 10.9. The van der Waals surface area contributed by atoms with E-state index in [0.717, 1.165) is 42.5 Å². The molecule has 2 aromatic heterocycles. The highest BCUT2D eigenvalue weighted by Gasteiger charge is 2.30. The van der Waals surface area contributed by atoms with Gasteiger partial charge in [-0.2, -0.15) is 0 Å². The Balaban J connectivity index is 2.05. The number of nitrogens with zero attached hydrogens (tertiary/aromatic N) is 3. The zero-order valence-corrected chi connectivity index (χ0v) is 15.2. The van der Waals surface area contributed by atoms with Crippen LogP contribution in [0.3, 0.4) is 0 Å². The number of rotatable bonds is 2. The number of aromatic nitrogens is 3. The fraction of sp³-hybridized carbons (Fsp3) is 0.200. The fourth-order valence-corrected chi connectivity index (χ4v) is 4.38.